The average Bonchev–Trinajstić information content (AvgIpc) is 2.51. The van der Waals surface area contributed by atoms with Gasteiger partial charge in [-0.2, -0.15) is 0 Å². The first-order chi connectivity index (χ1) is 6.77. The van der Waals surface area contributed by atoms with Crippen molar-refractivity contribution in [2.45, 2.75) is 6.54 Å². The first kappa shape index (κ1) is 8.74. The second-order valence-corrected chi connectivity index (χ2v) is 3.06. The number of benzene rings is 1. The molecule has 3 amide bonds. The molecule has 0 spiro atoms. The second-order valence-electron chi connectivity index (χ2n) is 3.06. The van der Waals surface area contributed by atoms with Crippen molar-refractivity contribution in [3.63, 3.8) is 0 Å². The van der Waals surface area contributed by atoms with Crippen molar-refractivity contribution in [3.05, 3.63) is 35.9 Å². The Morgan fingerprint density at radius 2 is 1.93 bits per heavy atom. The van der Waals surface area contributed by atoms with E-state index in [1.807, 2.05) is 30.3 Å². The Bertz CT molecular complexity index is 346. The summed E-state index contributed by atoms with van der Waals surface area (Å²) in [6, 6.07) is 8.95. The van der Waals surface area contributed by atoms with Crippen LogP contribution in [0.5, 0.6) is 0 Å². The van der Waals surface area contributed by atoms with Gasteiger partial charge in [0.2, 0.25) is 0 Å². The maximum atomic E-state index is 11.2. The minimum Gasteiger partial charge on any atom is -0.272 e. The summed E-state index contributed by atoms with van der Waals surface area (Å²) in [5.41, 5.74) is 0.936. The minimum absolute atomic E-state index is 0.00827. The van der Waals surface area contributed by atoms with Crippen LogP contribution in [0.25, 0.3) is 0 Å². The third kappa shape index (κ3) is 1.59. The van der Waals surface area contributed by atoms with Crippen LogP contribution in [0.15, 0.2) is 30.3 Å². The van der Waals surface area contributed by atoms with Crippen molar-refractivity contribution < 1.29 is 9.59 Å². The standard InChI is InChI=1S/C10H9N2O2/c13-9-6-11-10(14)12(9)7-8-4-2-1-3-5-8/h1-5H,6-7H2. The van der Waals surface area contributed by atoms with Crippen molar-refractivity contribution in [2.24, 2.45) is 0 Å². The molecule has 0 aliphatic carbocycles. The van der Waals surface area contributed by atoms with Gasteiger partial charge in [0.1, 0.15) is 6.54 Å². The summed E-state index contributed by atoms with van der Waals surface area (Å²) in [7, 11) is 0. The molecule has 1 fully saturated rings. The molecular formula is C10H9N2O2. The van der Waals surface area contributed by atoms with Crippen molar-refractivity contribution in [3.8, 4) is 0 Å². The van der Waals surface area contributed by atoms with Crippen LogP contribution >= 0.6 is 0 Å². The molecule has 4 heteroatoms. The maximum absolute atomic E-state index is 11.2. The number of hydrogen-bond acceptors (Lipinski definition) is 2. The molecular weight excluding hydrogens is 180 g/mol. The molecule has 1 saturated heterocycles. The summed E-state index contributed by atoms with van der Waals surface area (Å²) in [5.74, 6) is -0.223. The van der Waals surface area contributed by atoms with E-state index in [-0.39, 0.29) is 12.5 Å². The lowest BCUT2D eigenvalue weighted by atomic mass is 10.2. The summed E-state index contributed by atoms with van der Waals surface area (Å²) >= 11 is 0. The van der Waals surface area contributed by atoms with E-state index >= 15 is 0 Å². The van der Waals surface area contributed by atoms with E-state index in [4.69, 9.17) is 0 Å². The maximum Gasteiger partial charge on any atom is 0.346 e. The molecule has 0 bridgehead atoms. The van der Waals surface area contributed by atoms with E-state index in [1.54, 1.807) is 0 Å². The van der Waals surface area contributed by atoms with Gasteiger partial charge in [-0.25, -0.2) is 10.1 Å². The van der Waals surface area contributed by atoms with Crippen LogP contribution in [-0.2, 0) is 11.3 Å². The molecule has 14 heavy (non-hydrogen) atoms. The minimum atomic E-state index is -0.432. The predicted molar refractivity (Wildman–Crippen MR) is 49.4 cm³/mol. The Morgan fingerprint density at radius 1 is 1.21 bits per heavy atom. The Morgan fingerprint density at radius 3 is 2.50 bits per heavy atom. The molecule has 71 valence electrons. The van der Waals surface area contributed by atoms with Gasteiger partial charge in [-0.15, -0.1) is 0 Å². The molecule has 1 heterocycles. The van der Waals surface area contributed by atoms with E-state index in [0.717, 1.165) is 10.5 Å². The summed E-state index contributed by atoms with van der Waals surface area (Å²) in [4.78, 5) is 23.5. The third-order valence-electron chi connectivity index (χ3n) is 2.07. The number of rotatable bonds is 2. The summed E-state index contributed by atoms with van der Waals surface area (Å²) < 4.78 is 0. The molecule has 0 aromatic heterocycles. The average molecular weight is 189 g/mol. The Hall–Kier alpha value is -1.84. The van der Waals surface area contributed by atoms with Gasteiger partial charge in [0.05, 0.1) is 6.54 Å². The SMILES string of the molecule is O=C1C[N]C(=O)N1Cc1ccccc1. The van der Waals surface area contributed by atoms with Crippen molar-refractivity contribution in [1.82, 2.24) is 10.2 Å². The zero-order valence-corrected chi connectivity index (χ0v) is 7.51. The molecule has 0 unspecified atom stereocenters. The quantitative estimate of drug-likeness (QED) is 0.645. The molecule has 0 saturated carbocycles. The predicted octanol–water partition coefficient (Wildman–Crippen LogP) is 0.753. The first-order valence-corrected chi connectivity index (χ1v) is 4.33. The van der Waals surface area contributed by atoms with Crippen LogP contribution in [0.2, 0.25) is 0 Å². The van der Waals surface area contributed by atoms with Crippen molar-refractivity contribution in [2.75, 3.05) is 6.54 Å². The lowest BCUT2D eigenvalue weighted by Gasteiger charge is -2.11. The Kier molecular flexibility index (Phi) is 2.18. The lowest BCUT2D eigenvalue weighted by molar-refractivity contribution is -0.125. The first-order valence-electron chi connectivity index (χ1n) is 4.33. The highest BCUT2D eigenvalue weighted by Gasteiger charge is 2.29. The van der Waals surface area contributed by atoms with Gasteiger partial charge < -0.3 is 0 Å². The van der Waals surface area contributed by atoms with E-state index in [9.17, 15) is 9.59 Å². The fourth-order valence-electron chi connectivity index (χ4n) is 1.33. The number of carbonyl (C=O) groups excluding carboxylic acids is 2. The van der Waals surface area contributed by atoms with E-state index < -0.39 is 6.03 Å². The summed E-state index contributed by atoms with van der Waals surface area (Å²) in [5, 5.41) is 3.53. The van der Waals surface area contributed by atoms with Gasteiger partial charge in [0.25, 0.3) is 5.91 Å². The number of hydrogen-bond donors (Lipinski definition) is 0. The molecule has 2 rings (SSSR count). The smallest absolute Gasteiger partial charge is 0.272 e. The number of carbonyl (C=O) groups is 2. The highest BCUT2D eigenvalue weighted by molar-refractivity contribution is 6.01. The molecule has 1 radical (unpaired) electrons. The van der Waals surface area contributed by atoms with Gasteiger partial charge in [-0.3, -0.25) is 9.69 Å². The topological polar surface area (TPSA) is 51.5 Å². The lowest BCUT2D eigenvalue weighted by Crippen LogP contribution is -2.29. The largest absolute Gasteiger partial charge is 0.346 e. The fourth-order valence-corrected chi connectivity index (χ4v) is 1.33. The fraction of sp³-hybridized carbons (Fsp3) is 0.200. The summed E-state index contributed by atoms with van der Waals surface area (Å²) in [6.07, 6.45) is 0. The Labute approximate surface area is 81.5 Å². The van der Waals surface area contributed by atoms with Crippen LogP contribution < -0.4 is 5.32 Å². The monoisotopic (exact) mass is 189 g/mol. The van der Waals surface area contributed by atoms with E-state index in [2.05, 4.69) is 5.32 Å². The van der Waals surface area contributed by atoms with Gasteiger partial charge in [0.15, 0.2) is 0 Å². The van der Waals surface area contributed by atoms with Crippen LogP contribution in [-0.4, -0.2) is 23.4 Å². The van der Waals surface area contributed by atoms with Crippen molar-refractivity contribution in [1.29, 1.82) is 0 Å². The molecule has 1 aliphatic heterocycles. The molecule has 0 N–H and O–H groups in total. The number of amides is 3. The van der Waals surface area contributed by atoms with Crippen LogP contribution in [0.1, 0.15) is 5.56 Å². The molecule has 4 nitrogen and oxygen atoms in total. The van der Waals surface area contributed by atoms with Crippen LogP contribution in [0, 0.1) is 0 Å². The molecule has 1 aliphatic rings. The highest BCUT2D eigenvalue weighted by atomic mass is 16.2. The van der Waals surface area contributed by atoms with E-state index in [1.165, 1.54) is 0 Å². The molecule has 1 aromatic rings. The third-order valence-corrected chi connectivity index (χ3v) is 2.07. The molecule has 1 aromatic carbocycles. The summed E-state index contributed by atoms with van der Waals surface area (Å²) in [6.45, 7) is 0.313. The number of imide groups is 1. The molecule has 0 atom stereocenters. The van der Waals surface area contributed by atoms with Crippen molar-refractivity contribution >= 4 is 11.9 Å². The van der Waals surface area contributed by atoms with Crippen LogP contribution in [0.4, 0.5) is 4.79 Å². The number of urea groups is 1. The highest BCUT2D eigenvalue weighted by Crippen LogP contribution is 2.08. The normalized spacial score (nSPS) is 15.9. The zero-order chi connectivity index (χ0) is 9.97. The van der Waals surface area contributed by atoms with Gasteiger partial charge in [-0.1, -0.05) is 30.3 Å². The van der Waals surface area contributed by atoms with E-state index in [0.29, 0.717) is 6.54 Å². The van der Waals surface area contributed by atoms with Gasteiger partial charge in [0, 0.05) is 0 Å². The number of nitrogens with zero attached hydrogens (tertiary/aromatic N) is 2. The van der Waals surface area contributed by atoms with Gasteiger partial charge in [-0.05, 0) is 5.56 Å². The van der Waals surface area contributed by atoms with Gasteiger partial charge >= 0.3 is 6.03 Å². The Balaban J connectivity index is 2.11. The second kappa shape index (κ2) is 3.49. The zero-order valence-electron chi connectivity index (χ0n) is 7.51. The van der Waals surface area contributed by atoms with Crippen LogP contribution in [0.3, 0.4) is 0 Å².